The van der Waals surface area contributed by atoms with Crippen LogP contribution < -0.4 is 5.32 Å². The Hall–Kier alpha value is -2.04. The third-order valence-corrected chi connectivity index (χ3v) is 2.72. The zero-order chi connectivity index (χ0) is 12.8. The van der Waals surface area contributed by atoms with Gasteiger partial charge in [0.15, 0.2) is 0 Å². The van der Waals surface area contributed by atoms with Crippen molar-refractivity contribution < 1.29 is 9.18 Å². The fourth-order valence-electron chi connectivity index (χ4n) is 1.67. The first-order valence-corrected chi connectivity index (χ1v) is 5.83. The second kappa shape index (κ2) is 6.05. The minimum atomic E-state index is -0.250. The molecule has 0 aliphatic carbocycles. The molecule has 5 heteroatoms. The van der Waals surface area contributed by atoms with Gasteiger partial charge in [0.2, 0.25) is 5.91 Å². The molecule has 0 spiro atoms. The number of hydrogen-bond acceptors (Lipinski definition) is 3. The average molecular weight is 247 g/mol. The Balaban J connectivity index is 1.75. The topological polar surface area (TPSA) is 53.8 Å². The molecule has 18 heavy (non-hydrogen) atoms. The highest BCUT2D eigenvalue weighted by atomic mass is 19.1. The van der Waals surface area contributed by atoms with Crippen LogP contribution in [0.25, 0.3) is 0 Å². The number of nitrogens with one attached hydrogen (secondary N) is 1. The minimum absolute atomic E-state index is 0.0491. The standard InChI is InChI=1S/C13H14FN3O/c14-12-3-1-10(2-4-12)5-7-15-13(18)11-6-8-16-17-9-11/h1-4,8-9,11H,5-7H2,(H,15,18). The number of rotatable bonds is 4. The van der Waals surface area contributed by atoms with Gasteiger partial charge in [-0.2, -0.15) is 10.2 Å². The highest BCUT2D eigenvalue weighted by Crippen LogP contribution is 2.04. The van der Waals surface area contributed by atoms with Crippen LogP contribution >= 0.6 is 0 Å². The number of halogens is 1. The lowest BCUT2D eigenvalue weighted by molar-refractivity contribution is -0.122. The maximum Gasteiger partial charge on any atom is 0.228 e. The molecule has 94 valence electrons. The van der Waals surface area contributed by atoms with Crippen molar-refractivity contribution in [2.45, 2.75) is 12.8 Å². The Morgan fingerprint density at radius 1 is 1.33 bits per heavy atom. The van der Waals surface area contributed by atoms with Gasteiger partial charge >= 0.3 is 0 Å². The monoisotopic (exact) mass is 247 g/mol. The molecule has 1 amide bonds. The summed E-state index contributed by atoms with van der Waals surface area (Å²) in [6, 6.07) is 6.27. The summed E-state index contributed by atoms with van der Waals surface area (Å²) in [6.07, 6.45) is 4.45. The van der Waals surface area contributed by atoms with Crippen LogP contribution in [-0.2, 0) is 11.2 Å². The van der Waals surface area contributed by atoms with E-state index in [1.807, 2.05) is 0 Å². The molecule has 1 aliphatic heterocycles. The Morgan fingerprint density at radius 2 is 2.11 bits per heavy atom. The maximum atomic E-state index is 12.7. The van der Waals surface area contributed by atoms with Crippen LogP contribution in [0, 0.1) is 11.7 Å². The van der Waals surface area contributed by atoms with E-state index >= 15 is 0 Å². The summed E-state index contributed by atoms with van der Waals surface area (Å²) in [4.78, 5) is 11.7. The Kier molecular flexibility index (Phi) is 4.17. The summed E-state index contributed by atoms with van der Waals surface area (Å²) in [7, 11) is 0. The predicted octanol–water partition coefficient (Wildman–Crippen LogP) is 1.56. The van der Waals surface area contributed by atoms with Gasteiger partial charge in [-0.05, 0) is 24.1 Å². The van der Waals surface area contributed by atoms with Crippen molar-refractivity contribution in [3.63, 3.8) is 0 Å². The van der Waals surface area contributed by atoms with Gasteiger partial charge in [0.1, 0.15) is 5.82 Å². The summed E-state index contributed by atoms with van der Waals surface area (Å²) in [5, 5.41) is 10.2. The molecular formula is C13H14FN3O. The van der Waals surface area contributed by atoms with Gasteiger partial charge in [0.05, 0.1) is 5.92 Å². The smallest absolute Gasteiger partial charge is 0.228 e. The van der Waals surface area contributed by atoms with Crippen LogP contribution in [0.4, 0.5) is 4.39 Å². The highest BCUT2D eigenvalue weighted by molar-refractivity contribution is 5.96. The molecule has 1 heterocycles. The van der Waals surface area contributed by atoms with E-state index in [0.29, 0.717) is 19.4 Å². The number of carbonyl (C=O) groups excluding carboxylic acids is 1. The molecule has 0 saturated heterocycles. The van der Waals surface area contributed by atoms with E-state index in [1.54, 1.807) is 24.6 Å². The molecule has 1 N–H and O–H groups in total. The van der Waals surface area contributed by atoms with E-state index in [1.165, 1.54) is 12.1 Å². The lowest BCUT2D eigenvalue weighted by atomic mass is 10.1. The first-order valence-electron chi connectivity index (χ1n) is 5.83. The molecule has 0 fully saturated rings. The molecule has 1 unspecified atom stereocenters. The molecule has 1 atom stereocenters. The third-order valence-electron chi connectivity index (χ3n) is 2.72. The van der Waals surface area contributed by atoms with Gasteiger partial charge in [-0.15, -0.1) is 0 Å². The Labute approximate surface area is 105 Å². The fraction of sp³-hybridized carbons (Fsp3) is 0.308. The SMILES string of the molecule is O=C(NCCc1ccc(F)cc1)C1C=NN=CC1. The van der Waals surface area contributed by atoms with Crippen molar-refractivity contribution in [2.75, 3.05) is 6.54 Å². The molecular weight excluding hydrogens is 233 g/mol. The van der Waals surface area contributed by atoms with Crippen LogP contribution in [-0.4, -0.2) is 24.9 Å². The largest absolute Gasteiger partial charge is 0.355 e. The van der Waals surface area contributed by atoms with Crippen molar-refractivity contribution in [1.82, 2.24) is 5.32 Å². The van der Waals surface area contributed by atoms with Crippen molar-refractivity contribution >= 4 is 18.3 Å². The summed E-state index contributed by atoms with van der Waals surface area (Å²) < 4.78 is 12.7. The van der Waals surface area contributed by atoms with Crippen molar-refractivity contribution in [3.8, 4) is 0 Å². The van der Waals surface area contributed by atoms with E-state index in [0.717, 1.165) is 5.56 Å². The van der Waals surface area contributed by atoms with E-state index in [4.69, 9.17) is 0 Å². The lowest BCUT2D eigenvalue weighted by Crippen LogP contribution is -2.33. The van der Waals surface area contributed by atoms with Crippen molar-refractivity contribution in [3.05, 3.63) is 35.6 Å². The van der Waals surface area contributed by atoms with Crippen LogP contribution in [0.15, 0.2) is 34.5 Å². The second-order valence-corrected chi connectivity index (χ2v) is 4.07. The number of benzene rings is 1. The van der Waals surface area contributed by atoms with E-state index in [2.05, 4.69) is 15.5 Å². The normalized spacial score (nSPS) is 17.7. The van der Waals surface area contributed by atoms with Crippen LogP contribution in [0.5, 0.6) is 0 Å². The minimum Gasteiger partial charge on any atom is -0.355 e. The van der Waals surface area contributed by atoms with E-state index < -0.39 is 0 Å². The number of carbonyl (C=O) groups is 1. The molecule has 1 aromatic rings. The summed E-state index contributed by atoms with van der Waals surface area (Å²) in [5.74, 6) is -0.525. The van der Waals surface area contributed by atoms with Crippen LogP contribution in [0.1, 0.15) is 12.0 Å². The maximum absolute atomic E-state index is 12.7. The molecule has 2 rings (SSSR count). The molecule has 4 nitrogen and oxygen atoms in total. The Morgan fingerprint density at radius 3 is 2.78 bits per heavy atom. The van der Waals surface area contributed by atoms with Gasteiger partial charge in [0, 0.05) is 25.4 Å². The Bertz CT molecular complexity index is 468. The molecule has 0 bridgehead atoms. The lowest BCUT2D eigenvalue weighted by Gasteiger charge is -2.11. The zero-order valence-corrected chi connectivity index (χ0v) is 9.84. The van der Waals surface area contributed by atoms with Crippen molar-refractivity contribution in [2.24, 2.45) is 16.1 Å². The fourth-order valence-corrected chi connectivity index (χ4v) is 1.67. The molecule has 0 radical (unpaired) electrons. The van der Waals surface area contributed by atoms with Gasteiger partial charge in [-0.25, -0.2) is 4.39 Å². The van der Waals surface area contributed by atoms with Crippen molar-refractivity contribution in [1.29, 1.82) is 0 Å². The molecule has 0 aromatic heterocycles. The van der Waals surface area contributed by atoms with E-state index in [9.17, 15) is 9.18 Å². The molecule has 1 aromatic carbocycles. The quantitative estimate of drug-likeness (QED) is 0.862. The molecule has 0 saturated carbocycles. The number of amides is 1. The van der Waals surface area contributed by atoms with Gasteiger partial charge in [0.25, 0.3) is 0 Å². The van der Waals surface area contributed by atoms with E-state index in [-0.39, 0.29) is 17.6 Å². The second-order valence-electron chi connectivity index (χ2n) is 4.07. The van der Waals surface area contributed by atoms with Crippen LogP contribution in [0.2, 0.25) is 0 Å². The first kappa shape index (κ1) is 12.4. The number of hydrogen-bond donors (Lipinski definition) is 1. The summed E-state index contributed by atoms with van der Waals surface area (Å²) in [5.41, 5.74) is 0.996. The summed E-state index contributed by atoms with van der Waals surface area (Å²) in [6.45, 7) is 0.534. The van der Waals surface area contributed by atoms with Gasteiger partial charge in [-0.1, -0.05) is 12.1 Å². The highest BCUT2D eigenvalue weighted by Gasteiger charge is 2.16. The summed E-state index contributed by atoms with van der Waals surface area (Å²) >= 11 is 0. The molecule has 1 aliphatic rings. The zero-order valence-electron chi connectivity index (χ0n) is 9.84. The average Bonchev–Trinajstić information content (AvgIpc) is 2.42. The predicted molar refractivity (Wildman–Crippen MR) is 68.2 cm³/mol. The first-order chi connectivity index (χ1) is 8.75. The van der Waals surface area contributed by atoms with Crippen LogP contribution in [0.3, 0.4) is 0 Å². The van der Waals surface area contributed by atoms with Gasteiger partial charge in [-0.3, -0.25) is 4.79 Å². The third kappa shape index (κ3) is 3.48. The van der Waals surface area contributed by atoms with Gasteiger partial charge < -0.3 is 5.32 Å². The number of nitrogens with zero attached hydrogens (tertiary/aromatic N) is 2.